The molecule has 11 heteroatoms. The van der Waals surface area contributed by atoms with E-state index in [4.69, 9.17) is 4.52 Å². The van der Waals surface area contributed by atoms with Crippen molar-refractivity contribution >= 4 is 33.0 Å². The Balaban J connectivity index is 1.55. The van der Waals surface area contributed by atoms with E-state index >= 15 is 0 Å². The van der Waals surface area contributed by atoms with Crippen molar-refractivity contribution < 1.29 is 26.9 Å². The Morgan fingerprint density at radius 2 is 1.74 bits per heavy atom. The molecule has 4 rings (SSSR count). The van der Waals surface area contributed by atoms with E-state index in [1.54, 1.807) is 38.1 Å². The second kappa shape index (κ2) is 9.95. The van der Waals surface area contributed by atoms with Gasteiger partial charge in [0.05, 0.1) is 17.2 Å². The minimum atomic E-state index is -3.16. The molecule has 2 aromatic carbocycles. The van der Waals surface area contributed by atoms with Crippen molar-refractivity contribution in [3.63, 3.8) is 0 Å². The number of benzene rings is 2. The van der Waals surface area contributed by atoms with E-state index in [0.29, 0.717) is 33.9 Å². The Hall–Kier alpha value is -3.60. The molecule has 1 N–H and O–H groups in total. The maximum atomic E-state index is 13.9. The number of anilines is 2. The Kier molecular flexibility index (Phi) is 6.97. The van der Waals surface area contributed by atoms with Gasteiger partial charge in [-0.25, -0.2) is 12.8 Å². The van der Waals surface area contributed by atoms with Crippen molar-refractivity contribution in [2.24, 2.45) is 5.92 Å². The highest BCUT2D eigenvalue weighted by atomic mass is 32.2. The number of aromatic nitrogens is 2. The number of nitrogens with zero attached hydrogens (tertiary/aromatic N) is 3. The lowest BCUT2D eigenvalue weighted by molar-refractivity contribution is -0.124. The van der Waals surface area contributed by atoms with Crippen molar-refractivity contribution in [3.05, 3.63) is 59.7 Å². The number of hydrogen-bond acceptors (Lipinski definition) is 7. The molecule has 2 heterocycles. The van der Waals surface area contributed by atoms with Crippen LogP contribution in [0.3, 0.4) is 0 Å². The maximum Gasteiger partial charge on any atom is 0.244 e. The van der Waals surface area contributed by atoms with E-state index in [0.717, 1.165) is 0 Å². The summed E-state index contributed by atoms with van der Waals surface area (Å²) in [5, 5.41) is 6.53. The predicted octanol–water partition coefficient (Wildman–Crippen LogP) is 3.29. The summed E-state index contributed by atoms with van der Waals surface area (Å²) < 4.78 is 42.3. The summed E-state index contributed by atoms with van der Waals surface area (Å²) in [6, 6.07) is 9.41. The minimum Gasteiger partial charge on any atom is -0.342 e. The number of carbonyl (C=O) groups is 2. The average molecular weight is 501 g/mol. The maximum absolute atomic E-state index is 13.9. The molecule has 0 aliphatic carbocycles. The lowest BCUT2D eigenvalue weighted by Gasteiger charge is -2.31. The van der Waals surface area contributed by atoms with Crippen LogP contribution < -0.4 is 10.2 Å². The van der Waals surface area contributed by atoms with Crippen LogP contribution >= 0.6 is 0 Å². The molecule has 1 aliphatic rings. The third-order valence-electron chi connectivity index (χ3n) is 5.99. The van der Waals surface area contributed by atoms with E-state index in [-0.39, 0.29) is 36.8 Å². The first kappa shape index (κ1) is 24.5. The van der Waals surface area contributed by atoms with Crippen LogP contribution in [-0.4, -0.2) is 48.4 Å². The van der Waals surface area contributed by atoms with Gasteiger partial charge in [0.25, 0.3) is 0 Å². The van der Waals surface area contributed by atoms with Crippen LogP contribution in [0.15, 0.2) is 47.3 Å². The first-order chi connectivity index (χ1) is 16.6. The largest absolute Gasteiger partial charge is 0.342 e. The van der Waals surface area contributed by atoms with Gasteiger partial charge in [0.1, 0.15) is 22.2 Å². The second-order valence-electron chi connectivity index (χ2n) is 8.62. The summed E-state index contributed by atoms with van der Waals surface area (Å²) in [4.78, 5) is 31.8. The molecule has 0 saturated carbocycles. The van der Waals surface area contributed by atoms with Crippen LogP contribution in [0.25, 0.3) is 11.4 Å². The standard InChI is InChI=1S/C24H25FN4O5S/c1-15-11-19(25)12-16(2)22(15)29(24(31)18-7-9-35(32,33)10-8-18)13-21(30)27-20-5-3-17(4-6-20)23-26-14-34-28-23/h3-6,11-12,14,18H,7-10,13H2,1-2H3,(H,27,30). The summed E-state index contributed by atoms with van der Waals surface area (Å²) in [6.45, 7) is 3.04. The van der Waals surface area contributed by atoms with Crippen LogP contribution in [-0.2, 0) is 19.4 Å². The third-order valence-corrected chi connectivity index (χ3v) is 7.70. The molecule has 0 spiro atoms. The van der Waals surface area contributed by atoms with Gasteiger partial charge >= 0.3 is 0 Å². The highest BCUT2D eigenvalue weighted by Crippen LogP contribution is 2.30. The third kappa shape index (κ3) is 5.73. The van der Waals surface area contributed by atoms with Crippen LogP contribution in [0.4, 0.5) is 15.8 Å². The van der Waals surface area contributed by atoms with Gasteiger partial charge in [-0.15, -0.1) is 0 Å². The van der Waals surface area contributed by atoms with Crippen molar-refractivity contribution in [1.29, 1.82) is 0 Å². The zero-order valence-corrected chi connectivity index (χ0v) is 20.1. The van der Waals surface area contributed by atoms with Gasteiger partial charge in [-0.1, -0.05) is 5.16 Å². The van der Waals surface area contributed by atoms with Gasteiger partial charge in [-0.05, 0) is 74.2 Å². The van der Waals surface area contributed by atoms with Crippen molar-refractivity contribution in [1.82, 2.24) is 10.1 Å². The van der Waals surface area contributed by atoms with Crippen molar-refractivity contribution in [2.75, 3.05) is 28.3 Å². The summed E-state index contributed by atoms with van der Waals surface area (Å²) >= 11 is 0. The lowest BCUT2D eigenvalue weighted by Crippen LogP contribution is -2.44. The Morgan fingerprint density at radius 3 is 2.31 bits per heavy atom. The smallest absolute Gasteiger partial charge is 0.244 e. The topological polar surface area (TPSA) is 122 Å². The van der Waals surface area contributed by atoms with Crippen LogP contribution in [0.5, 0.6) is 0 Å². The van der Waals surface area contributed by atoms with Gasteiger partial charge in [0, 0.05) is 17.2 Å². The fraction of sp³-hybridized carbons (Fsp3) is 0.333. The van der Waals surface area contributed by atoms with Crippen molar-refractivity contribution in [2.45, 2.75) is 26.7 Å². The first-order valence-corrected chi connectivity index (χ1v) is 12.9. The number of hydrogen-bond donors (Lipinski definition) is 1. The summed E-state index contributed by atoms with van der Waals surface area (Å²) in [5.41, 5.74) is 2.69. The fourth-order valence-electron chi connectivity index (χ4n) is 4.30. The molecular formula is C24H25FN4O5S. The molecule has 1 aliphatic heterocycles. The molecule has 1 saturated heterocycles. The molecule has 3 aromatic rings. The van der Waals surface area contributed by atoms with Gasteiger partial charge in [-0.2, -0.15) is 4.98 Å². The second-order valence-corrected chi connectivity index (χ2v) is 10.9. The quantitative estimate of drug-likeness (QED) is 0.551. The summed E-state index contributed by atoms with van der Waals surface area (Å²) in [5.74, 6) is -1.50. The van der Waals surface area contributed by atoms with E-state index < -0.39 is 27.5 Å². The minimum absolute atomic E-state index is 0.0719. The number of carbonyl (C=O) groups excluding carboxylic acids is 2. The summed E-state index contributed by atoms with van der Waals surface area (Å²) in [7, 11) is -3.16. The Bertz CT molecular complexity index is 1300. The van der Waals surface area contributed by atoms with Gasteiger partial charge in [0.15, 0.2) is 0 Å². The molecule has 184 valence electrons. The summed E-state index contributed by atoms with van der Waals surface area (Å²) in [6.07, 6.45) is 1.60. The number of amides is 2. The van der Waals surface area contributed by atoms with E-state index in [1.807, 2.05) is 0 Å². The van der Waals surface area contributed by atoms with E-state index in [9.17, 15) is 22.4 Å². The van der Waals surface area contributed by atoms with E-state index in [2.05, 4.69) is 15.5 Å². The van der Waals surface area contributed by atoms with Crippen LogP contribution in [0.2, 0.25) is 0 Å². The molecule has 1 fully saturated rings. The molecule has 9 nitrogen and oxygen atoms in total. The van der Waals surface area contributed by atoms with E-state index in [1.165, 1.54) is 23.4 Å². The monoisotopic (exact) mass is 500 g/mol. The Morgan fingerprint density at radius 1 is 1.11 bits per heavy atom. The molecule has 0 atom stereocenters. The molecule has 35 heavy (non-hydrogen) atoms. The zero-order chi connectivity index (χ0) is 25.2. The highest BCUT2D eigenvalue weighted by Gasteiger charge is 2.33. The molecular weight excluding hydrogens is 475 g/mol. The number of rotatable bonds is 6. The SMILES string of the molecule is Cc1cc(F)cc(C)c1N(CC(=O)Nc1ccc(-c2ncon2)cc1)C(=O)C1CCS(=O)(=O)CC1. The van der Waals surface area contributed by atoms with Gasteiger partial charge < -0.3 is 14.7 Å². The number of sulfone groups is 1. The normalized spacial score (nSPS) is 15.5. The molecule has 1 aromatic heterocycles. The molecule has 0 unspecified atom stereocenters. The predicted molar refractivity (Wildman–Crippen MR) is 128 cm³/mol. The van der Waals surface area contributed by atoms with Gasteiger partial charge in [0.2, 0.25) is 24.0 Å². The lowest BCUT2D eigenvalue weighted by atomic mass is 9.99. The van der Waals surface area contributed by atoms with Crippen LogP contribution in [0, 0.1) is 25.6 Å². The highest BCUT2D eigenvalue weighted by molar-refractivity contribution is 7.91. The average Bonchev–Trinajstić information content (AvgIpc) is 3.33. The zero-order valence-electron chi connectivity index (χ0n) is 19.3. The molecule has 0 bridgehead atoms. The number of aryl methyl sites for hydroxylation is 2. The van der Waals surface area contributed by atoms with Crippen LogP contribution in [0.1, 0.15) is 24.0 Å². The fourth-order valence-corrected chi connectivity index (χ4v) is 5.79. The number of halogens is 1. The first-order valence-electron chi connectivity index (χ1n) is 11.1. The van der Waals surface area contributed by atoms with Crippen molar-refractivity contribution in [3.8, 4) is 11.4 Å². The van der Waals surface area contributed by atoms with Gasteiger partial charge in [-0.3, -0.25) is 9.59 Å². The Labute approximate surface area is 202 Å². The molecule has 0 radical (unpaired) electrons. The molecule has 2 amide bonds. The number of nitrogens with one attached hydrogen (secondary N) is 1.